The summed E-state index contributed by atoms with van der Waals surface area (Å²) < 4.78 is 0. The van der Waals surface area contributed by atoms with Crippen molar-refractivity contribution in [2.24, 2.45) is 0 Å². The molecule has 3 rings (SSSR count). The van der Waals surface area contributed by atoms with Gasteiger partial charge in [-0.05, 0) is 19.2 Å². The molecule has 0 bridgehead atoms. The van der Waals surface area contributed by atoms with Crippen molar-refractivity contribution in [1.29, 1.82) is 0 Å². The van der Waals surface area contributed by atoms with Crippen molar-refractivity contribution in [2.75, 3.05) is 51.6 Å². The van der Waals surface area contributed by atoms with Crippen LogP contribution in [0.5, 0.6) is 0 Å². The van der Waals surface area contributed by atoms with Gasteiger partial charge in [-0.1, -0.05) is 18.2 Å². The topological polar surface area (TPSA) is 31.4 Å². The SMILES string of the molecule is CN1CCN(CCNc2ccnc3ccccc23)CC1. The first-order valence-corrected chi connectivity index (χ1v) is 7.31. The number of fused-ring (bicyclic) bond motifs is 1. The Morgan fingerprint density at radius 2 is 1.90 bits per heavy atom. The fourth-order valence-corrected chi connectivity index (χ4v) is 2.67. The molecule has 1 saturated heterocycles. The first-order chi connectivity index (χ1) is 9.83. The summed E-state index contributed by atoms with van der Waals surface area (Å²) in [6.45, 7) is 6.79. The highest BCUT2D eigenvalue weighted by Gasteiger charge is 2.12. The molecule has 1 aromatic heterocycles. The molecule has 1 aromatic carbocycles. The van der Waals surface area contributed by atoms with Gasteiger partial charge in [0.2, 0.25) is 0 Å². The maximum atomic E-state index is 4.39. The first-order valence-electron chi connectivity index (χ1n) is 7.31. The van der Waals surface area contributed by atoms with Gasteiger partial charge >= 0.3 is 0 Å². The molecule has 0 radical (unpaired) electrons. The summed E-state index contributed by atoms with van der Waals surface area (Å²) >= 11 is 0. The molecule has 1 N–H and O–H groups in total. The number of rotatable bonds is 4. The molecule has 1 aliphatic heterocycles. The number of hydrogen-bond donors (Lipinski definition) is 1. The van der Waals surface area contributed by atoms with Crippen LogP contribution in [0.2, 0.25) is 0 Å². The van der Waals surface area contributed by atoms with E-state index in [0.29, 0.717) is 0 Å². The second-order valence-electron chi connectivity index (χ2n) is 5.45. The van der Waals surface area contributed by atoms with E-state index in [-0.39, 0.29) is 0 Å². The minimum Gasteiger partial charge on any atom is -0.383 e. The Morgan fingerprint density at radius 3 is 2.75 bits per heavy atom. The number of para-hydroxylation sites is 1. The quantitative estimate of drug-likeness (QED) is 0.919. The Morgan fingerprint density at radius 1 is 1.10 bits per heavy atom. The van der Waals surface area contributed by atoms with E-state index < -0.39 is 0 Å². The third kappa shape index (κ3) is 3.08. The molecule has 4 heteroatoms. The summed E-state index contributed by atoms with van der Waals surface area (Å²) in [6.07, 6.45) is 1.88. The van der Waals surface area contributed by atoms with Gasteiger partial charge in [0.25, 0.3) is 0 Å². The maximum Gasteiger partial charge on any atom is 0.0722 e. The number of aromatic nitrogens is 1. The van der Waals surface area contributed by atoms with Gasteiger partial charge in [0, 0.05) is 56.5 Å². The van der Waals surface area contributed by atoms with Crippen molar-refractivity contribution in [3.63, 3.8) is 0 Å². The van der Waals surface area contributed by atoms with Gasteiger partial charge in [0.15, 0.2) is 0 Å². The van der Waals surface area contributed by atoms with E-state index >= 15 is 0 Å². The van der Waals surface area contributed by atoms with E-state index in [1.54, 1.807) is 0 Å². The number of nitrogens with zero attached hydrogens (tertiary/aromatic N) is 3. The van der Waals surface area contributed by atoms with Gasteiger partial charge in [-0.3, -0.25) is 9.88 Å². The first kappa shape index (κ1) is 13.3. The van der Waals surface area contributed by atoms with Crippen molar-refractivity contribution in [3.05, 3.63) is 36.5 Å². The third-order valence-electron chi connectivity index (χ3n) is 3.99. The van der Waals surface area contributed by atoms with E-state index in [9.17, 15) is 0 Å². The van der Waals surface area contributed by atoms with Crippen LogP contribution in [0.4, 0.5) is 5.69 Å². The highest BCUT2D eigenvalue weighted by atomic mass is 15.2. The summed E-state index contributed by atoms with van der Waals surface area (Å²) in [5.41, 5.74) is 2.24. The van der Waals surface area contributed by atoms with Crippen molar-refractivity contribution < 1.29 is 0 Å². The van der Waals surface area contributed by atoms with Crippen LogP contribution >= 0.6 is 0 Å². The monoisotopic (exact) mass is 270 g/mol. The lowest BCUT2D eigenvalue weighted by molar-refractivity contribution is 0.158. The average Bonchev–Trinajstić information content (AvgIpc) is 2.49. The van der Waals surface area contributed by atoms with Gasteiger partial charge in [0.1, 0.15) is 0 Å². The van der Waals surface area contributed by atoms with Crippen LogP contribution in [-0.2, 0) is 0 Å². The van der Waals surface area contributed by atoms with Crippen LogP contribution in [0.3, 0.4) is 0 Å². The summed E-state index contributed by atoms with van der Waals surface area (Å²) in [7, 11) is 2.19. The number of likely N-dealkylation sites (N-methyl/N-ethyl adjacent to an activating group) is 1. The number of nitrogens with one attached hydrogen (secondary N) is 1. The molecule has 0 amide bonds. The van der Waals surface area contributed by atoms with Gasteiger partial charge < -0.3 is 10.2 Å². The van der Waals surface area contributed by atoms with Crippen LogP contribution < -0.4 is 5.32 Å². The number of pyridine rings is 1. The van der Waals surface area contributed by atoms with Gasteiger partial charge in [-0.2, -0.15) is 0 Å². The molecule has 106 valence electrons. The van der Waals surface area contributed by atoms with Gasteiger partial charge in [0.05, 0.1) is 5.52 Å². The summed E-state index contributed by atoms with van der Waals surface area (Å²) in [5, 5.41) is 4.75. The lowest BCUT2D eigenvalue weighted by Gasteiger charge is -2.32. The summed E-state index contributed by atoms with van der Waals surface area (Å²) in [5.74, 6) is 0. The van der Waals surface area contributed by atoms with E-state index in [1.165, 1.54) is 37.3 Å². The molecular weight excluding hydrogens is 248 g/mol. The Balaban J connectivity index is 1.57. The zero-order valence-electron chi connectivity index (χ0n) is 12.0. The Hall–Kier alpha value is -1.65. The lowest BCUT2D eigenvalue weighted by Crippen LogP contribution is -2.45. The molecule has 0 atom stereocenters. The van der Waals surface area contributed by atoms with E-state index in [1.807, 2.05) is 12.3 Å². The molecule has 2 heterocycles. The Kier molecular flexibility index (Phi) is 4.14. The standard InChI is InChI=1S/C16H22N4/c1-19-10-12-20(13-11-19)9-8-18-16-6-7-17-15-5-3-2-4-14(15)16/h2-7H,8-13H2,1H3,(H,17,18). The summed E-state index contributed by atoms with van der Waals surface area (Å²) in [6, 6.07) is 10.3. The predicted molar refractivity (Wildman–Crippen MR) is 84.2 cm³/mol. The fraction of sp³-hybridized carbons (Fsp3) is 0.438. The van der Waals surface area contributed by atoms with Crippen LogP contribution in [0, 0.1) is 0 Å². The molecule has 1 aliphatic rings. The number of piperazine rings is 1. The molecule has 20 heavy (non-hydrogen) atoms. The largest absolute Gasteiger partial charge is 0.383 e. The van der Waals surface area contributed by atoms with Crippen molar-refractivity contribution in [1.82, 2.24) is 14.8 Å². The maximum absolute atomic E-state index is 4.39. The molecule has 0 spiro atoms. The Bertz CT molecular complexity index is 556. The molecular formula is C16H22N4. The van der Waals surface area contributed by atoms with Gasteiger partial charge in [-0.15, -0.1) is 0 Å². The van der Waals surface area contributed by atoms with E-state index in [2.05, 4.69) is 51.4 Å². The second-order valence-corrected chi connectivity index (χ2v) is 5.45. The normalized spacial score (nSPS) is 17.4. The van der Waals surface area contributed by atoms with Crippen molar-refractivity contribution in [3.8, 4) is 0 Å². The fourth-order valence-electron chi connectivity index (χ4n) is 2.67. The van der Waals surface area contributed by atoms with Crippen molar-refractivity contribution >= 4 is 16.6 Å². The third-order valence-corrected chi connectivity index (χ3v) is 3.99. The molecule has 1 fully saturated rings. The Labute approximate surface area is 120 Å². The van der Waals surface area contributed by atoms with E-state index in [4.69, 9.17) is 0 Å². The van der Waals surface area contributed by atoms with E-state index in [0.717, 1.165) is 18.6 Å². The van der Waals surface area contributed by atoms with Crippen LogP contribution in [-0.4, -0.2) is 61.1 Å². The molecule has 0 saturated carbocycles. The smallest absolute Gasteiger partial charge is 0.0722 e. The van der Waals surface area contributed by atoms with Gasteiger partial charge in [-0.25, -0.2) is 0 Å². The molecule has 2 aromatic rings. The van der Waals surface area contributed by atoms with Crippen molar-refractivity contribution in [2.45, 2.75) is 0 Å². The number of benzene rings is 1. The number of hydrogen-bond acceptors (Lipinski definition) is 4. The second kappa shape index (κ2) is 6.20. The lowest BCUT2D eigenvalue weighted by atomic mass is 10.2. The predicted octanol–water partition coefficient (Wildman–Crippen LogP) is 1.89. The van der Waals surface area contributed by atoms with Crippen LogP contribution in [0.1, 0.15) is 0 Å². The highest BCUT2D eigenvalue weighted by Crippen LogP contribution is 2.20. The molecule has 0 unspecified atom stereocenters. The number of anilines is 1. The molecule has 0 aliphatic carbocycles. The van der Waals surface area contributed by atoms with Crippen LogP contribution in [0.15, 0.2) is 36.5 Å². The van der Waals surface area contributed by atoms with Crippen LogP contribution in [0.25, 0.3) is 10.9 Å². The summed E-state index contributed by atoms with van der Waals surface area (Å²) in [4.78, 5) is 9.31. The average molecular weight is 270 g/mol. The highest BCUT2D eigenvalue weighted by molar-refractivity contribution is 5.90. The minimum absolute atomic E-state index is 0.984. The zero-order valence-corrected chi connectivity index (χ0v) is 12.0. The minimum atomic E-state index is 0.984. The zero-order chi connectivity index (χ0) is 13.8. The molecule has 4 nitrogen and oxygen atoms in total.